The largest absolute Gasteiger partial charge is 0.311 e. The van der Waals surface area contributed by atoms with Gasteiger partial charge in [-0.3, -0.25) is 0 Å². The first-order chi connectivity index (χ1) is 14.2. The third kappa shape index (κ3) is 4.58. The number of hydrogen-bond acceptors (Lipinski definition) is 3. The van der Waals surface area contributed by atoms with Crippen molar-refractivity contribution in [2.24, 2.45) is 10.2 Å². The van der Waals surface area contributed by atoms with E-state index in [0.29, 0.717) is 0 Å². The highest BCUT2D eigenvalue weighted by Gasteiger charge is 2.12. The summed E-state index contributed by atoms with van der Waals surface area (Å²) in [5.41, 5.74) is 7.49. The van der Waals surface area contributed by atoms with Gasteiger partial charge in [0.1, 0.15) is 0 Å². The van der Waals surface area contributed by atoms with Crippen molar-refractivity contribution in [3.63, 3.8) is 0 Å². The minimum atomic E-state index is 0.824. The first kappa shape index (κ1) is 18.6. The minimum absolute atomic E-state index is 0.824. The van der Waals surface area contributed by atoms with Crippen LogP contribution in [0, 0.1) is 13.8 Å². The van der Waals surface area contributed by atoms with Gasteiger partial charge in [0.2, 0.25) is 0 Å². The van der Waals surface area contributed by atoms with E-state index in [-0.39, 0.29) is 0 Å². The molecule has 0 unspecified atom stereocenters. The van der Waals surface area contributed by atoms with E-state index >= 15 is 0 Å². The highest BCUT2D eigenvalue weighted by molar-refractivity contribution is 5.77. The number of anilines is 3. The molecule has 0 N–H and O–H groups in total. The van der Waals surface area contributed by atoms with Crippen LogP contribution in [-0.2, 0) is 0 Å². The van der Waals surface area contributed by atoms with Crippen molar-refractivity contribution in [2.45, 2.75) is 13.8 Å². The van der Waals surface area contributed by atoms with Crippen LogP contribution in [0.4, 0.5) is 28.4 Å². The molecule has 3 nitrogen and oxygen atoms in total. The van der Waals surface area contributed by atoms with E-state index < -0.39 is 0 Å². The normalized spacial score (nSPS) is 11.0. The molecule has 0 fully saturated rings. The molecule has 142 valence electrons. The maximum Gasteiger partial charge on any atom is 0.0858 e. The molecule has 29 heavy (non-hydrogen) atoms. The standard InChI is InChI=1S/C26H23N3/c1-20-8-14-24(15-9-20)29(25-16-10-21(2)11-17-25)26-18-12-23(13-19-26)28-27-22-6-4-3-5-7-22/h3-19H,1-2H3. The number of hydrogen-bond donors (Lipinski definition) is 0. The fraction of sp³-hybridized carbons (Fsp3) is 0.0769. The Hall–Kier alpha value is -3.72. The summed E-state index contributed by atoms with van der Waals surface area (Å²) in [5.74, 6) is 0. The number of nitrogens with zero attached hydrogens (tertiary/aromatic N) is 3. The maximum absolute atomic E-state index is 4.35. The van der Waals surface area contributed by atoms with Gasteiger partial charge in [0.15, 0.2) is 0 Å². The molecule has 4 aromatic carbocycles. The van der Waals surface area contributed by atoms with Crippen molar-refractivity contribution in [3.05, 3.63) is 114 Å². The number of benzene rings is 4. The van der Waals surface area contributed by atoms with E-state index in [4.69, 9.17) is 0 Å². The Morgan fingerprint density at radius 2 is 0.828 bits per heavy atom. The number of aryl methyl sites for hydroxylation is 2. The monoisotopic (exact) mass is 377 g/mol. The zero-order valence-electron chi connectivity index (χ0n) is 16.7. The van der Waals surface area contributed by atoms with E-state index in [9.17, 15) is 0 Å². The fourth-order valence-corrected chi connectivity index (χ4v) is 3.11. The molecule has 0 bridgehead atoms. The molecule has 0 aliphatic rings. The quantitative estimate of drug-likeness (QED) is 0.322. The summed E-state index contributed by atoms with van der Waals surface area (Å²) in [6.07, 6.45) is 0. The molecule has 3 heteroatoms. The molecule has 0 aliphatic carbocycles. The maximum atomic E-state index is 4.35. The van der Waals surface area contributed by atoms with Crippen molar-refractivity contribution < 1.29 is 0 Å². The van der Waals surface area contributed by atoms with Gasteiger partial charge in [0.05, 0.1) is 11.4 Å². The van der Waals surface area contributed by atoms with Gasteiger partial charge in [-0.2, -0.15) is 10.2 Å². The van der Waals surface area contributed by atoms with E-state index in [1.165, 1.54) is 11.1 Å². The highest BCUT2D eigenvalue weighted by atomic mass is 15.1. The fourth-order valence-electron chi connectivity index (χ4n) is 3.11. The highest BCUT2D eigenvalue weighted by Crippen LogP contribution is 2.35. The smallest absolute Gasteiger partial charge is 0.0858 e. The van der Waals surface area contributed by atoms with E-state index in [0.717, 1.165) is 28.4 Å². The molecule has 0 atom stereocenters. The van der Waals surface area contributed by atoms with Crippen molar-refractivity contribution >= 4 is 28.4 Å². The molecular weight excluding hydrogens is 354 g/mol. The molecule has 0 heterocycles. The Bertz CT molecular complexity index is 1040. The Morgan fingerprint density at radius 1 is 0.448 bits per heavy atom. The average Bonchev–Trinajstić information content (AvgIpc) is 2.77. The Kier molecular flexibility index (Phi) is 5.48. The molecule has 0 radical (unpaired) electrons. The lowest BCUT2D eigenvalue weighted by molar-refractivity contribution is 1.22. The van der Waals surface area contributed by atoms with Crippen LogP contribution in [0.5, 0.6) is 0 Å². The van der Waals surface area contributed by atoms with Gasteiger partial charge in [-0.15, -0.1) is 0 Å². The van der Waals surface area contributed by atoms with Crippen LogP contribution >= 0.6 is 0 Å². The van der Waals surface area contributed by atoms with Gasteiger partial charge < -0.3 is 4.90 Å². The zero-order valence-corrected chi connectivity index (χ0v) is 16.7. The predicted molar refractivity (Wildman–Crippen MR) is 121 cm³/mol. The Balaban J connectivity index is 1.66. The molecular formula is C26H23N3. The molecule has 4 rings (SSSR count). The van der Waals surface area contributed by atoms with E-state index in [1.54, 1.807) is 0 Å². The van der Waals surface area contributed by atoms with Crippen LogP contribution in [0.3, 0.4) is 0 Å². The summed E-state index contributed by atoms with van der Waals surface area (Å²) in [6.45, 7) is 4.21. The van der Waals surface area contributed by atoms with Gasteiger partial charge in [0, 0.05) is 17.1 Å². The predicted octanol–water partition coefficient (Wildman–Crippen LogP) is 8.19. The van der Waals surface area contributed by atoms with Crippen molar-refractivity contribution in [1.29, 1.82) is 0 Å². The third-order valence-electron chi connectivity index (χ3n) is 4.73. The van der Waals surface area contributed by atoms with Gasteiger partial charge in [0.25, 0.3) is 0 Å². The Morgan fingerprint density at radius 3 is 1.28 bits per heavy atom. The molecule has 4 aromatic rings. The topological polar surface area (TPSA) is 28.0 Å². The van der Waals surface area contributed by atoms with Gasteiger partial charge in [-0.05, 0) is 74.5 Å². The lowest BCUT2D eigenvalue weighted by atomic mass is 10.1. The van der Waals surface area contributed by atoms with Crippen LogP contribution in [0.2, 0.25) is 0 Å². The van der Waals surface area contributed by atoms with Crippen LogP contribution < -0.4 is 4.90 Å². The molecule has 0 saturated carbocycles. The summed E-state index contributed by atoms with van der Waals surface area (Å²) >= 11 is 0. The summed E-state index contributed by atoms with van der Waals surface area (Å²) < 4.78 is 0. The van der Waals surface area contributed by atoms with Crippen molar-refractivity contribution in [2.75, 3.05) is 4.90 Å². The minimum Gasteiger partial charge on any atom is -0.311 e. The van der Waals surface area contributed by atoms with Crippen molar-refractivity contribution in [3.8, 4) is 0 Å². The lowest BCUT2D eigenvalue weighted by Gasteiger charge is -2.25. The average molecular weight is 377 g/mol. The molecule has 0 amide bonds. The molecule has 0 saturated heterocycles. The second-order valence-corrected chi connectivity index (χ2v) is 7.06. The second-order valence-electron chi connectivity index (χ2n) is 7.06. The summed E-state index contributed by atoms with van der Waals surface area (Å²) in [6, 6.07) is 35.1. The van der Waals surface area contributed by atoms with Crippen LogP contribution in [0.15, 0.2) is 113 Å². The van der Waals surface area contributed by atoms with Crippen LogP contribution in [0.1, 0.15) is 11.1 Å². The molecule has 0 aromatic heterocycles. The molecule has 0 spiro atoms. The molecule has 0 aliphatic heterocycles. The number of rotatable bonds is 5. The van der Waals surface area contributed by atoms with Crippen LogP contribution in [0.25, 0.3) is 0 Å². The van der Waals surface area contributed by atoms with Gasteiger partial charge in [-0.25, -0.2) is 0 Å². The SMILES string of the molecule is Cc1ccc(N(c2ccc(C)cc2)c2ccc(N=Nc3ccccc3)cc2)cc1. The first-order valence-corrected chi connectivity index (χ1v) is 9.69. The third-order valence-corrected chi connectivity index (χ3v) is 4.73. The van der Waals surface area contributed by atoms with Gasteiger partial charge >= 0.3 is 0 Å². The van der Waals surface area contributed by atoms with Gasteiger partial charge in [-0.1, -0.05) is 53.6 Å². The zero-order chi connectivity index (χ0) is 20.1. The van der Waals surface area contributed by atoms with Crippen LogP contribution in [-0.4, -0.2) is 0 Å². The summed E-state index contributed by atoms with van der Waals surface area (Å²) in [5, 5.41) is 8.65. The second kappa shape index (κ2) is 8.53. The summed E-state index contributed by atoms with van der Waals surface area (Å²) in [7, 11) is 0. The van der Waals surface area contributed by atoms with E-state index in [1.807, 2.05) is 42.5 Å². The summed E-state index contributed by atoms with van der Waals surface area (Å²) in [4.78, 5) is 2.25. The first-order valence-electron chi connectivity index (χ1n) is 9.69. The van der Waals surface area contributed by atoms with Crippen molar-refractivity contribution in [1.82, 2.24) is 0 Å². The Labute approximate surface area is 172 Å². The number of azo groups is 1. The van der Waals surface area contributed by atoms with E-state index in [2.05, 4.69) is 89.6 Å². The lowest BCUT2D eigenvalue weighted by Crippen LogP contribution is -2.09.